The summed E-state index contributed by atoms with van der Waals surface area (Å²) in [5.74, 6) is -0.867. The lowest BCUT2D eigenvalue weighted by Crippen LogP contribution is -2.37. The van der Waals surface area contributed by atoms with Crippen LogP contribution in [-0.4, -0.2) is 70.0 Å². The Morgan fingerprint density at radius 2 is 1.02 bits per heavy atom. The van der Waals surface area contributed by atoms with Crippen LogP contribution in [0.2, 0.25) is 0 Å². The standard InChI is InChI=1S/C43H82NO8P/c1-6-8-10-12-14-16-18-20-22-24-26-28-30-32-34-36-43(46)52-41(40-51-53(47,48)50-38-37-44(3,4)5)39-49-42(45)35-33-31-29-27-25-23-21-19-17-15-13-11-9-7-2/h20,22,26,28,41H,6-19,21,23-25,27,29-40H2,1-5H3/b22-20+,28-26+/t41-/m1/s1. The van der Waals surface area contributed by atoms with E-state index in [1.165, 1.54) is 109 Å². The lowest BCUT2D eigenvalue weighted by molar-refractivity contribution is -0.870. The molecule has 10 heteroatoms. The van der Waals surface area contributed by atoms with Gasteiger partial charge in [-0.1, -0.05) is 154 Å². The first-order chi connectivity index (χ1) is 25.5. The van der Waals surface area contributed by atoms with Crippen molar-refractivity contribution in [2.45, 2.75) is 193 Å². The molecule has 53 heavy (non-hydrogen) atoms. The molecule has 0 fully saturated rings. The zero-order valence-electron chi connectivity index (χ0n) is 35.0. The Hall–Kier alpha value is -1.51. The van der Waals surface area contributed by atoms with E-state index in [-0.39, 0.29) is 26.1 Å². The molecule has 0 N–H and O–H groups in total. The summed E-state index contributed by atoms with van der Waals surface area (Å²) in [6.07, 6.45) is 37.7. The first kappa shape index (κ1) is 51.5. The van der Waals surface area contributed by atoms with Crippen molar-refractivity contribution in [3.05, 3.63) is 24.3 Å². The lowest BCUT2D eigenvalue weighted by Gasteiger charge is -2.28. The molecule has 0 aromatic heterocycles. The molecular weight excluding hydrogens is 689 g/mol. The molecule has 0 rings (SSSR count). The van der Waals surface area contributed by atoms with Gasteiger partial charge in [-0.3, -0.25) is 14.2 Å². The van der Waals surface area contributed by atoms with Crippen molar-refractivity contribution in [1.82, 2.24) is 0 Å². The van der Waals surface area contributed by atoms with Crippen molar-refractivity contribution < 1.29 is 42.1 Å². The number of phosphoric acid groups is 1. The van der Waals surface area contributed by atoms with Gasteiger partial charge in [0.05, 0.1) is 27.7 Å². The van der Waals surface area contributed by atoms with Crippen LogP contribution in [-0.2, 0) is 32.7 Å². The zero-order valence-corrected chi connectivity index (χ0v) is 35.9. The molecule has 1 unspecified atom stereocenters. The van der Waals surface area contributed by atoms with Crippen LogP contribution in [0.4, 0.5) is 0 Å². The number of carbonyl (C=O) groups is 2. The van der Waals surface area contributed by atoms with Crippen LogP contribution >= 0.6 is 7.82 Å². The molecule has 0 aliphatic rings. The molecule has 312 valence electrons. The van der Waals surface area contributed by atoms with Crippen LogP contribution in [0.5, 0.6) is 0 Å². The van der Waals surface area contributed by atoms with Crippen LogP contribution in [0, 0.1) is 0 Å². The molecule has 0 amide bonds. The van der Waals surface area contributed by atoms with Gasteiger partial charge in [-0.25, -0.2) is 0 Å². The van der Waals surface area contributed by atoms with Crippen LogP contribution in [0.15, 0.2) is 24.3 Å². The van der Waals surface area contributed by atoms with Gasteiger partial charge in [-0.05, 0) is 44.9 Å². The fraction of sp³-hybridized carbons (Fsp3) is 0.860. The number of hydrogen-bond acceptors (Lipinski definition) is 8. The Balaban J connectivity index is 4.42. The Bertz CT molecular complexity index is 964. The van der Waals surface area contributed by atoms with Crippen LogP contribution in [0.25, 0.3) is 0 Å². The minimum Gasteiger partial charge on any atom is -0.756 e. The number of likely N-dealkylation sites (N-methyl/N-ethyl adjacent to an activating group) is 1. The molecule has 9 nitrogen and oxygen atoms in total. The summed E-state index contributed by atoms with van der Waals surface area (Å²) in [6, 6.07) is 0. The third-order valence-electron chi connectivity index (χ3n) is 9.22. The van der Waals surface area contributed by atoms with Gasteiger partial charge in [-0.2, -0.15) is 0 Å². The molecule has 0 saturated heterocycles. The molecule has 0 radical (unpaired) electrons. The molecule has 0 spiro atoms. The van der Waals surface area contributed by atoms with Crippen molar-refractivity contribution in [2.24, 2.45) is 0 Å². The molecule has 2 atom stereocenters. The van der Waals surface area contributed by atoms with Crippen molar-refractivity contribution in [3.63, 3.8) is 0 Å². The minimum absolute atomic E-state index is 0.0349. The van der Waals surface area contributed by atoms with E-state index >= 15 is 0 Å². The highest BCUT2D eigenvalue weighted by atomic mass is 31.2. The smallest absolute Gasteiger partial charge is 0.306 e. The van der Waals surface area contributed by atoms with Crippen LogP contribution < -0.4 is 4.89 Å². The van der Waals surface area contributed by atoms with Gasteiger partial charge in [0.1, 0.15) is 19.8 Å². The lowest BCUT2D eigenvalue weighted by atomic mass is 10.0. The maximum absolute atomic E-state index is 12.6. The molecular formula is C43H82NO8P. The number of quaternary nitrogens is 1. The first-order valence-corrected chi connectivity index (χ1v) is 23.0. The number of esters is 2. The highest BCUT2D eigenvalue weighted by Crippen LogP contribution is 2.38. The fourth-order valence-electron chi connectivity index (χ4n) is 5.80. The van der Waals surface area contributed by atoms with E-state index in [1.54, 1.807) is 0 Å². The molecule has 0 aromatic rings. The Morgan fingerprint density at radius 1 is 0.585 bits per heavy atom. The van der Waals surface area contributed by atoms with Crippen LogP contribution in [0.1, 0.15) is 187 Å². The molecule has 0 heterocycles. The summed E-state index contributed by atoms with van der Waals surface area (Å²) in [5, 5.41) is 0. The van der Waals surface area contributed by atoms with Crippen molar-refractivity contribution in [1.29, 1.82) is 0 Å². The number of phosphoric ester groups is 1. The van der Waals surface area contributed by atoms with Crippen molar-refractivity contribution in [3.8, 4) is 0 Å². The summed E-state index contributed by atoms with van der Waals surface area (Å²) >= 11 is 0. The van der Waals surface area contributed by atoms with E-state index in [0.29, 0.717) is 17.4 Å². The van der Waals surface area contributed by atoms with E-state index in [1.807, 2.05) is 21.1 Å². The third kappa shape index (κ3) is 40.0. The minimum atomic E-state index is -4.63. The number of allylic oxidation sites excluding steroid dienone is 4. The summed E-state index contributed by atoms with van der Waals surface area (Å²) in [6.45, 7) is 4.19. The highest BCUT2D eigenvalue weighted by molar-refractivity contribution is 7.45. The Labute approximate surface area is 326 Å². The summed E-state index contributed by atoms with van der Waals surface area (Å²) in [4.78, 5) is 37.4. The summed E-state index contributed by atoms with van der Waals surface area (Å²) < 4.78 is 33.8. The number of rotatable bonds is 39. The maximum atomic E-state index is 12.6. The van der Waals surface area contributed by atoms with Crippen molar-refractivity contribution >= 4 is 19.8 Å². The fourth-order valence-corrected chi connectivity index (χ4v) is 6.53. The second kappa shape index (κ2) is 36.1. The normalized spacial score (nSPS) is 13.8. The third-order valence-corrected chi connectivity index (χ3v) is 10.2. The summed E-state index contributed by atoms with van der Waals surface area (Å²) in [7, 11) is 1.15. The zero-order chi connectivity index (χ0) is 39.3. The molecule has 0 aromatic carbocycles. The van der Waals surface area contributed by atoms with E-state index in [2.05, 4.69) is 38.2 Å². The summed E-state index contributed by atoms with van der Waals surface area (Å²) in [5.41, 5.74) is 0. The van der Waals surface area contributed by atoms with Gasteiger partial charge >= 0.3 is 11.9 Å². The second-order valence-electron chi connectivity index (χ2n) is 15.7. The highest BCUT2D eigenvalue weighted by Gasteiger charge is 2.21. The predicted octanol–water partition coefficient (Wildman–Crippen LogP) is 11.3. The number of carbonyl (C=O) groups excluding carboxylic acids is 2. The quantitative estimate of drug-likeness (QED) is 0.0200. The Kier molecular flexibility index (Phi) is 35.1. The topological polar surface area (TPSA) is 111 Å². The van der Waals surface area contributed by atoms with Gasteiger partial charge in [0.15, 0.2) is 6.10 Å². The van der Waals surface area contributed by atoms with E-state index in [4.69, 9.17) is 18.5 Å². The molecule has 0 saturated carbocycles. The number of hydrogen-bond donors (Lipinski definition) is 0. The number of nitrogens with zero attached hydrogens (tertiary/aromatic N) is 1. The van der Waals surface area contributed by atoms with E-state index in [0.717, 1.165) is 44.9 Å². The average Bonchev–Trinajstić information content (AvgIpc) is 3.10. The average molecular weight is 772 g/mol. The van der Waals surface area contributed by atoms with Gasteiger partial charge in [-0.15, -0.1) is 0 Å². The van der Waals surface area contributed by atoms with Crippen molar-refractivity contribution in [2.75, 3.05) is 47.5 Å². The van der Waals surface area contributed by atoms with Gasteiger partial charge in [0.2, 0.25) is 0 Å². The SMILES string of the molecule is CCCCCCCC/C=C/C/C=C/CCCCC(=O)O[C@H](COC(=O)CCCCCCCCCCCCCCCC)COP(=O)([O-])OCC[N+](C)(C)C. The Morgan fingerprint density at radius 3 is 1.53 bits per heavy atom. The molecule has 0 aliphatic carbocycles. The largest absolute Gasteiger partial charge is 0.756 e. The number of unbranched alkanes of at least 4 members (excludes halogenated alkanes) is 21. The molecule has 0 aliphatic heterocycles. The molecule has 0 bridgehead atoms. The van der Waals surface area contributed by atoms with Crippen LogP contribution in [0.3, 0.4) is 0 Å². The monoisotopic (exact) mass is 772 g/mol. The van der Waals surface area contributed by atoms with E-state index < -0.39 is 32.5 Å². The maximum Gasteiger partial charge on any atom is 0.306 e. The predicted molar refractivity (Wildman–Crippen MR) is 218 cm³/mol. The first-order valence-electron chi connectivity index (χ1n) is 21.5. The van der Waals surface area contributed by atoms with Gasteiger partial charge < -0.3 is 27.9 Å². The van der Waals surface area contributed by atoms with E-state index in [9.17, 15) is 19.0 Å². The van der Waals surface area contributed by atoms with Gasteiger partial charge in [0, 0.05) is 12.8 Å². The van der Waals surface area contributed by atoms with Gasteiger partial charge in [0.25, 0.3) is 7.82 Å². The number of ether oxygens (including phenoxy) is 2. The second-order valence-corrected chi connectivity index (χ2v) is 17.1.